The molecule has 2 unspecified atom stereocenters. The lowest BCUT2D eigenvalue weighted by atomic mass is 9.87. The molecule has 1 aromatic rings. The van der Waals surface area contributed by atoms with Gasteiger partial charge in [-0.2, -0.15) is 0 Å². The fraction of sp³-hybridized carbons (Fsp3) is 0.632. The summed E-state index contributed by atoms with van der Waals surface area (Å²) in [6.07, 6.45) is 4.90. The van der Waals surface area contributed by atoms with Gasteiger partial charge in [-0.25, -0.2) is 0 Å². The van der Waals surface area contributed by atoms with Gasteiger partial charge in [-0.3, -0.25) is 4.79 Å². The Bertz CT molecular complexity index is 473. The predicted molar refractivity (Wildman–Crippen MR) is 94.9 cm³/mol. The number of carbonyl (C=O) groups excluding carboxylic acids is 1. The fourth-order valence-corrected chi connectivity index (χ4v) is 2.87. The van der Waals surface area contributed by atoms with Crippen LogP contribution in [0.15, 0.2) is 24.3 Å². The van der Waals surface area contributed by atoms with E-state index in [0.29, 0.717) is 5.92 Å². The summed E-state index contributed by atoms with van der Waals surface area (Å²) in [6, 6.07) is 8.25. The van der Waals surface area contributed by atoms with Gasteiger partial charge in [-0.05, 0) is 43.7 Å². The monoisotopic (exact) mass is 321 g/mol. The van der Waals surface area contributed by atoms with Crippen LogP contribution in [0.5, 0.6) is 0 Å². The average Bonchev–Trinajstić information content (AvgIpc) is 2.54. The quantitative estimate of drug-likeness (QED) is 0.667. The van der Waals surface area contributed by atoms with Crippen molar-refractivity contribution in [3.8, 4) is 0 Å². The van der Waals surface area contributed by atoms with E-state index in [2.05, 4.69) is 19.1 Å². The molecule has 0 aliphatic heterocycles. The molecule has 0 saturated carbocycles. The molecule has 0 aromatic heterocycles. The van der Waals surface area contributed by atoms with Crippen molar-refractivity contribution in [2.75, 3.05) is 25.6 Å². The van der Waals surface area contributed by atoms with Gasteiger partial charge in [-0.1, -0.05) is 38.0 Å². The number of ether oxygens (including phenoxy) is 1. The molecule has 1 rings (SSSR count). The minimum atomic E-state index is -0.279. The summed E-state index contributed by atoms with van der Waals surface area (Å²) in [5.41, 5.74) is 2.33. The molecule has 1 aromatic carbocycles. The van der Waals surface area contributed by atoms with Crippen LogP contribution in [0, 0.1) is 0 Å². The molecule has 0 spiro atoms. The molecular weight excluding hydrogens is 290 g/mol. The second kappa shape index (κ2) is 10.3. The van der Waals surface area contributed by atoms with Crippen molar-refractivity contribution in [1.82, 2.24) is 0 Å². The molecule has 0 saturated heterocycles. The van der Waals surface area contributed by atoms with Crippen molar-refractivity contribution in [3.63, 3.8) is 0 Å². The Balaban J connectivity index is 2.98. The van der Waals surface area contributed by atoms with Crippen LogP contribution >= 0.6 is 0 Å². The highest BCUT2D eigenvalue weighted by molar-refractivity contribution is 5.76. The number of rotatable bonds is 10. The lowest BCUT2D eigenvalue weighted by Crippen LogP contribution is -2.27. The molecule has 0 radical (unpaired) electrons. The Hall–Kier alpha value is -1.55. The van der Waals surface area contributed by atoms with Crippen molar-refractivity contribution in [2.24, 2.45) is 0 Å². The maximum absolute atomic E-state index is 11.6. The summed E-state index contributed by atoms with van der Waals surface area (Å²) in [5.74, 6) is 0.164. The molecule has 0 heterocycles. The fourth-order valence-electron chi connectivity index (χ4n) is 2.87. The number of anilines is 1. The van der Waals surface area contributed by atoms with E-state index in [1.165, 1.54) is 19.1 Å². The standard InChI is InChI=1S/C19H31NO3/c1-5-6-9-16(13-12-15(2)21)17-10-7-8-11-18(17)20(3)14-19(22)23-4/h7-8,10-11,15-16,21H,5-6,9,12-14H2,1-4H3. The van der Waals surface area contributed by atoms with Crippen LogP contribution in [0.3, 0.4) is 0 Å². The lowest BCUT2D eigenvalue weighted by molar-refractivity contribution is -0.138. The first-order chi connectivity index (χ1) is 11.0. The highest BCUT2D eigenvalue weighted by Crippen LogP contribution is 2.34. The molecule has 0 amide bonds. The number of hydrogen-bond donors (Lipinski definition) is 1. The van der Waals surface area contributed by atoms with E-state index in [4.69, 9.17) is 4.74 Å². The summed E-state index contributed by atoms with van der Waals surface area (Å²) in [7, 11) is 3.33. The van der Waals surface area contributed by atoms with Crippen molar-refractivity contribution in [1.29, 1.82) is 0 Å². The van der Waals surface area contributed by atoms with E-state index in [1.54, 1.807) is 0 Å². The first-order valence-corrected chi connectivity index (χ1v) is 8.54. The van der Waals surface area contributed by atoms with Gasteiger partial charge in [0.05, 0.1) is 13.2 Å². The largest absolute Gasteiger partial charge is 0.468 e. The maximum atomic E-state index is 11.6. The number of likely N-dealkylation sites (N-methyl/N-ethyl adjacent to an activating group) is 1. The Labute approximate surface area is 140 Å². The van der Waals surface area contributed by atoms with Gasteiger partial charge in [0.25, 0.3) is 0 Å². The third-order valence-corrected chi connectivity index (χ3v) is 4.22. The van der Waals surface area contributed by atoms with Gasteiger partial charge in [0.2, 0.25) is 0 Å². The number of aliphatic hydroxyl groups excluding tert-OH is 1. The van der Waals surface area contributed by atoms with E-state index in [-0.39, 0.29) is 18.6 Å². The van der Waals surface area contributed by atoms with E-state index in [0.717, 1.165) is 31.4 Å². The molecule has 0 aliphatic rings. The van der Waals surface area contributed by atoms with Crippen molar-refractivity contribution in [2.45, 2.75) is 58.0 Å². The second-order valence-electron chi connectivity index (χ2n) is 6.26. The van der Waals surface area contributed by atoms with E-state index in [9.17, 15) is 9.90 Å². The van der Waals surface area contributed by atoms with Gasteiger partial charge in [-0.15, -0.1) is 0 Å². The van der Waals surface area contributed by atoms with E-state index >= 15 is 0 Å². The Morgan fingerprint density at radius 3 is 2.57 bits per heavy atom. The van der Waals surface area contributed by atoms with Gasteiger partial charge >= 0.3 is 5.97 Å². The molecule has 0 fully saturated rings. The first kappa shape index (κ1) is 19.5. The van der Waals surface area contributed by atoms with Gasteiger partial charge in [0.1, 0.15) is 6.54 Å². The zero-order valence-corrected chi connectivity index (χ0v) is 14.9. The topological polar surface area (TPSA) is 49.8 Å². The average molecular weight is 321 g/mol. The summed E-state index contributed by atoms with van der Waals surface area (Å²) >= 11 is 0. The molecule has 130 valence electrons. The number of para-hydroxylation sites is 1. The lowest BCUT2D eigenvalue weighted by Gasteiger charge is -2.26. The van der Waals surface area contributed by atoms with E-state index < -0.39 is 0 Å². The van der Waals surface area contributed by atoms with Crippen molar-refractivity contribution >= 4 is 11.7 Å². The van der Waals surface area contributed by atoms with Crippen LogP contribution in [0.25, 0.3) is 0 Å². The molecule has 1 N–H and O–H groups in total. The van der Waals surface area contributed by atoms with Crippen LogP contribution < -0.4 is 4.90 Å². The Kier molecular flexibility index (Phi) is 8.70. The Morgan fingerprint density at radius 2 is 1.96 bits per heavy atom. The Morgan fingerprint density at radius 1 is 1.26 bits per heavy atom. The molecule has 2 atom stereocenters. The van der Waals surface area contributed by atoms with Crippen LogP contribution in [0.4, 0.5) is 5.69 Å². The number of methoxy groups -OCH3 is 1. The number of aliphatic hydroxyl groups is 1. The number of esters is 1. The summed E-state index contributed by atoms with van der Waals surface area (Å²) in [6.45, 7) is 4.28. The van der Waals surface area contributed by atoms with Crippen LogP contribution in [0.2, 0.25) is 0 Å². The maximum Gasteiger partial charge on any atom is 0.325 e. The van der Waals surface area contributed by atoms with Gasteiger partial charge < -0.3 is 14.7 Å². The van der Waals surface area contributed by atoms with E-state index in [1.807, 2.05) is 31.0 Å². The number of nitrogens with zero attached hydrogens (tertiary/aromatic N) is 1. The molecule has 4 nitrogen and oxygen atoms in total. The minimum Gasteiger partial charge on any atom is -0.468 e. The zero-order valence-electron chi connectivity index (χ0n) is 14.9. The molecule has 4 heteroatoms. The number of carbonyl (C=O) groups is 1. The summed E-state index contributed by atoms with van der Waals surface area (Å²) < 4.78 is 4.77. The number of unbranched alkanes of at least 4 members (excludes halogenated alkanes) is 1. The summed E-state index contributed by atoms with van der Waals surface area (Å²) in [5, 5.41) is 9.63. The third-order valence-electron chi connectivity index (χ3n) is 4.22. The normalized spacial score (nSPS) is 13.4. The predicted octanol–water partition coefficient (Wildman–Crippen LogP) is 3.73. The highest BCUT2D eigenvalue weighted by Gasteiger charge is 2.18. The highest BCUT2D eigenvalue weighted by atomic mass is 16.5. The number of benzene rings is 1. The smallest absolute Gasteiger partial charge is 0.325 e. The van der Waals surface area contributed by atoms with Gasteiger partial charge in [0.15, 0.2) is 0 Å². The number of hydrogen-bond acceptors (Lipinski definition) is 4. The summed E-state index contributed by atoms with van der Waals surface area (Å²) in [4.78, 5) is 13.5. The van der Waals surface area contributed by atoms with Gasteiger partial charge in [0, 0.05) is 12.7 Å². The van der Waals surface area contributed by atoms with Crippen molar-refractivity contribution < 1.29 is 14.6 Å². The van der Waals surface area contributed by atoms with Crippen LogP contribution in [-0.2, 0) is 9.53 Å². The van der Waals surface area contributed by atoms with Crippen LogP contribution in [0.1, 0.15) is 57.4 Å². The molecule has 0 aliphatic carbocycles. The second-order valence-corrected chi connectivity index (χ2v) is 6.26. The first-order valence-electron chi connectivity index (χ1n) is 8.54. The SMILES string of the molecule is CCCCC(CCC(C)O)c1ccccc1N(C)CC(=O)OC. The molecule has 23 heavy (non-hydrogen) atoms. The third kappa shape index (κ3) is 6.61. The molecular formula is C19H31NO3. The minimum absolute atomic E-state index is 0.239. The van der Waals surface area contributed by atoms with Crippen molar-refractivity contribution in [3.05, 3.63) is 29.8 Å². The molecule has 0 bridgehead atoms. The zero-order chi connectivity index (χ0) is 17.2. The van der Waals surface area contributed by atoms with Crippen LogP contribution in [-0.4, -0.2) is 37.9 Å².